The lowest BCUT2D eigenvalue weighted by Gasteiger charge is -2.36. The first kappa shape index (κ1) is 50.7. The Kier molecular flexibility index (Phi) is 14.7. The molecule has 0 saturated carbocycles. The number of esters is 1. The number of carbonyl (C=O) groups excluding carboxylic acids is 3. The van der Waals surface area contributed by atoms with Crippen LogP contribution >= 0.6 is 0 Å². The van der Waals surface area contributed by atoms with Crippen molar-refractivity contribution in [2.45, 2.75) is 98.5 Å². The number of halogens is 1. The van der Waals surface area contributed by atoms with Gasteiger partial charge in [-0.15, -0.1) is 0 Å². The predicted octanol–water partition coefficient (Wildman–Crippen LogP) is 9.81. The number of hydrogen-bond acceptors (Lipinski definition) is 9. The van der Waals surface area contributed by atoms with Crippen molar-refractivity contribution in [3.05, 3.63) is 117 Å². The molecule has 13 nitrogen and oxygen atoms in total. The SMILES string of the molecule is Cc1c(N(C(=O)c2cc(-c3cc4c(cc3C(=O)OC(C)(C)C)CN(C(=O)Cc3ccc(OCCN5CCOCC5)cc3F)CC4)n(C)c2C)c2ccc(O[Si](C)(C)C(C)(C)C)cc2)cc(C#N)n1C. The second-order valence-corrected chi connectivity index (χ2v) is 25.4. The van der Waals surface area contributed by atoms with Crippen molar-refractivity contribution in [3.8, 4) is 28.8 Å². The van der Waals surface area contributed by atoms with Crippen LogP contribution < -0.4 is 14.1 Å². The van der Waals surface area contributed by atoms with Crippen LogP contribution in [0.3, 0.4) is 0 Å². The van der Waals surface area contributed by atoms with Crippen LogP contribution in [-0.2, 0) is 47.8 Å². The highest BCUT2D eigenvalue weighted by Gasteiger charge is 2.39. The quantitative estimate of drug-likeness (QED) is 0.0836. The number of nitrogens with zero attached hydrogens (tertiary/aromatic N) is 6. The van der Waals surface area contributed by atoms with E-state index in [-0.39, 0.29) is 35.4 Å². The number of fused-ring (bicyclic) bond motifs is 1. The molecule has 2 amide bonds. The van der Waals surface area contributed by atoms with Gasteiger partial charge in [0.2, 0.25) is 14.2 Å². The summed E-state index contributed by atoms with van der Waals surface area (Å²) in [7, 11) is 1.51. The lowest BCUT2D eigenvalue weighted by atomic mass is 9.91. The molecule has 5 aromatic rings. The van der Waals surface area contributed by atoms with Crippen LogP contribution in [0.1, 0.15) is 96.0 Å². The standard InChI is InChI=1S/C54H67FN6O7Si/c1-35-44(51(63)61(48-30-41(33-56)57(9)36(48)2)40-14-17-42(18-15-40)68-69(11,12)54(6,7)8)32-49(58(35)10)45-27-37-19-20-60(34-39(37)28-46(45)52(64)67-53(3,4)5)50(62)29-38-13-16-43(31-47(38)55)66-26-23-59-21-24-65-25-22-59/h13-18,27-28,30-32H,19-26,29,34H2,1-12H3. The topological polar surface area (TPSA) is 132 Å². The zero-order valence-corrected chi connectivity index (χ0v) is 43.3. The van der Waals surface area contributed by atoms with E-state index in [1.807, 2.05) is 61.9 Å². The Morgan fingerprint density at radius 1 is 0.841 bits per heavy atom. The molecule has 0 N–H and O–H groups in total. The Morgan fingerprint density at radius 3 is 2.14 bits per heavy atom. The van der Waals surface area contributed by atoms with Crippen LogP contribution in [-0.4, -0.2) is 96.6 Å². The maximum absolute atomic E-state index is 15.4. The monoisotopic (exact) mass is 958 g/mol. The highest BCUT2D eigenvalue weighted by Crippen LogP contribution is 2.40. The van der Waals surface area contributed by atoms with Crippen molar-refractivity contribution in [1.82, 2.24) is 18.9 Å². The molecular weight excluding hydrogens is 892 g/mol. The molecule has 1 saturated heterocycles. The molecular formula is C54H67FN6O7Si. The van der Waals surface area contributed by atoms with Crippen molar-refractivity contribution in [2.24, 2.45) is 14.1 Å². The number of nitriles is 1. The predicted molar refractivity (Wildman–Crippen MR) is 268 cm³/mol. The molecule has 0 aliphatic carbocycles. The van der Waals surface area contributed by atoms with E-state index in [0.717, 1.165) is 29.9 Å². The van der Waals surface area contributed by atoms with E-state index in [0.29, 0.717) is 96.0 Å². The maximum atomic E-state index is 15.4. The Balaban J connectivity index is 1.18. The third kappa shape index (κ3) is 11.1. The van der Waals surface area contributed by atoms with Gasteiger partial charge in [0.1, 0.15) is 41.3 Å². The van der Waals surface area contributed by atoms with E-state index in [9.17, 15) is 14.9 Å². The summed E-state index contributed by atoms with van der Waals surface area (Å²) in [6.07, 6.45) is 0.367. The normalized spacial score (nSPS) is 14.5. The molecule has 2 aliphatic heterocycles. The molecule has 0 unspecified atom stereocenters. The number of benzene rings is 3. The van der Waals surface area contributed by atoms with Crippen LogP contribution in [0.2, 0.25) is 18.1 Å². The van der Waals surface area contributed by atoms with E-state index >= 15 is 9.18 Å². The van der Waals surface area contributed by atoms with Gasteiger partial charge in [-0.1, -0.05) is 26.8 Å². The summed E-state index contributed by atoms with van der Waals surface area (Å²) < 4.78 is 42.9. The van der Waals surface area contributed by atoms with Crippen LogP contribution in [0.5, 0.6) is 11.5 Å². The van der Waals surface area contributed by atoms with E-state index in [1.165, 1.54) is 6.07 Å². The highest BCUT2D eigenvalue weighted by molar-refractivity contribution is 6.74. The molecule has 1 fully saturated rings. The van der Waals surface area contributed by atoms with Gasteiger partial charge in [0.05, 0.1) is 36.4 Å². The molecule has 4 heterocycles. The van der Waals surface area contributed by atoms with Crippen molar-refractivity contribution in [3.63, 3.8) is 0 Å². The second-order valence-electron chi connectivity index (χ2n) is 20.7. The van der Waals surface area contributed by atoms with Crippen molar-refractivity contribution in [2.75, 3.05) is 50.9 Å². The summed E-state index contributed by atoms with van der Waals surface area (Å²) in [6.45, 7) is 24.9. The number of amides is 2. The van der Waals surface area contributed by atoms with Gasteiger partial charge in [-0.3, -0.25) is 19.4 Å². The summed E-state index contributed by atoms with van der Waals surface area (Å²) in [5, 5.41) is 10.0. The number of ether oxygens (including phenoxy) is 3. The number of carbonyl (C=O) groups is 3. The zero-order chi connectivity index (χ0) is 50.2. The summed E-state index contributed by atoms with van der Waals surface area (Å²) in [6, 6.07) is 21.7. The van der Waals surface area contributed by atoms with Crippen LogP contribution in [0, 0.1) is 31.0 Å². The number of anilines is 2. The largest absolute Gasteiger partial charge is 0.544 e. The van der Waals surface area contributed by atoms with Crippen molar-refractivity contribution in [1.29, 1.82) is 5.26 Å². The fraction of sp³-hybridized carbons (Fsp3) is 0.444. The Labute approximate surface area is 407 Å². The minimum atomic E-state index is -2.15. The summed E-state index contributed by atoms with van der Waals surface area (Å²) in [5.41, 5.74) is 6.06. The number of rotatable bonds is 13. The first-order valence-corrected chi connectivity index (χ1v) is 26.6. The molecule has 3 aromatic carbocycles. The molecule has 2 aliphatic rings. The number of morpholine rings is 1. The van der Waals surface area contributed by atoms with Gasteiger partial charge in [-0.25, -0.2) is 9.18 Å². The zero-order valence-electron chi connectivity index (χ0n) is 42.3. The summed E-state index contributed by atoms with van der Waals surface area (Å²) in [5.74, 6) is -0.476. The molecule has 15 heteroatoms. The van der Waals surface area contributed by atoms with Crippen LogP contribution in [0.4, 0.5) is 15.8 Å². The Morgan fingerprint density at radius 2 is 1.52 bits per heavy atom. The van der Waals surface area contributed by atoms with Gasteiger partial charge >= 0.3 is 5.97 Å². The molecule has 7 rings (SSSR count). The lowest BCUT2D eigenvalue weighted by molar-refractivity contribution is -0.131. The fourth-order valence-electron chi connectivity index (χ4n) is 8.48. The Hall–Kier alpha value is -6.21. The van der Waals surface area contributed by atoms with Gasteiger partial charge in [0.25, 0.3) is 5.91 Å². The smallest absolute Gasteiger partial charge is 0.339 e. The minimum absolute atomic E-state index is 0.0119. The van der Waals surface area contributed by atoms with Gasteiger partial charge in [-0.2, -0.15) is 5.26 Å². The molecule has 0 bridgehead atoms. The van der Waals surface area contributed by atoms with Crippen molar-refractivity contribution < 1.29 is 37.4 Å². The Bertz CT molecular complexity index is 2790. The third-order valence-corrected chi connectivity index (χ3v) is 18.2. The molecule has 366 valence electrons. The highest BCUT2D eigenvalue weighted by atomic mass is 28.4. The van der Waals surface area contributed by atoms with Gasteiger partial charge in [0.15, 0.2) is 0 Å². The molecule has 69 heavy (non-hydrogen) atoms. The van der Waals surface area contributed by atoms with E-state index in [2.05, 4.69) is 44.8 Å². The van der Waals surface area contributed by atoms with Crippen LogP contribution in [0.25, 0.3) is 11.3 Å². The van der Waals surface area contributed by atoms with E-state index in [4.69, 9.17) is 18.6 Å². The average molecular weight is 959 g/mol. The van der Waals surface area contributed by atoms with Crippen LogP contribution in [0.15, 0.2) is 66.7 Å². The summed E-state index contributed by atoms with van der Waals surface area (Å²) >= 11 is 0. The molecule has 2 aromatic heterocycles. The second kappa shape index (κ2) is 20.0. The first-order chi connectivity index (χ1) is 32.5. The van der Waals surface area contributed by atoms with Gasteiger partial charge in [-0.05, 0) is 130 Å². The molecule has 0 radical (unpaired) electrons. The van der Waals surface area contributed by atoms with E-state index in [1.54, 1.807) is 66.5 Å². The molecule has 0 atom stereocenters. The van der Waals surface area contributed by atoms with Crippen molar-refractivity contribution >= 4 is 37.5 Å². The summed E-state index contributed by atoms with van der Waals surface area (Å²) in [4.78, 5) is 48.8. The lowest BCUT2D eigenvalue weighted by Crippen LogP contribution is -2.43. The minimum Gasteiger partial charge on any atom is -0.544 e. The first-order valence-electron chi connectivity index (χ1n) is 23.7. The average Bonchev–Trinajstić information content (AvgIpc) is 3.75. The van der Waals surface area contributed by atoms with E-state index < -0.39 is 25.7 Å². The number of hydrogen-bond donors (Lipinski definition) is 0. The third-order valence-electron chi connectivity index (χ3n) is 13.9. The molecule has 0 spiro atoms. The maximum Gasteiger partial charge on any atom is 0.339 e. The van der Waals surface area contributed by atoms with Gasteiger partial charge in [0, 0.05) is 81.2 Å². The number of aromatic nitrogens is 2. The van der Waals surface area contributed by atoms with Gasteiger partial charge < -0.3 is 32.7 Å². The fourth-order valence-corrected chi connectivity index (χ4v) is 9.51.